The van der Waals surface area contributed by atoms with Gasteiger partial charge in [0.15, 0.2) is 11.6 Å². The van der Waals surface area contributed by atoms with Gasteiger partial charge in [0.2, 0.25) is 0 Å². The molecule has 1 amide bonds. The van der Waals surface area contributed by atoms with E-state index in [1.54, 1.807) is 0 Å². The molecule has 0 fully saturated rings. The van der Waals surface area contributed by atoms with E-state index in [1.165, 1.54) is 24.8 Å². The topological polar surface area (TPSA) is 47.6 Å². The fraction of sp³-hybridized carbons (Fsp3) is 0.316. The van der Waals surface area contributed by atoms with Crippen LogP contribution in [0.25, 0.3) is 0 Å². The first-order chi connectivity index (χ1) is 11.4. The number of methoxy groups -OCH3 is 1. The monoisotopic (exact) mass is 331 g/mol. The van der Waals surface area contributed by atoms with Crippen molar-refractivity contribution in [2.75, 3.05) is 13.7 Å². The predicted octanol–water partition coefficient (Wildman–Crippen LogP) is 3.65. The lowest BCUT2D eigenvalue weighted by molar-refractivity contribution is 0.0926. The number of hydrogen-bond acceptors (Lipinski definition) is 3. The second-order valence-corrected chi connectivity index (χ2v) is 5.78. The molecule has 4 nitrogen and oxygen atoms in total. The van der Waals surface area contributed by atoms with Crippen molar-refractivity contribution in [1.29, 1.82) is 0 Å². The minimum absolute atomic E-state index is 0.109. The molecule has 1 N–H and O–H groups in total. The molecule has 5 heteroatoms. The summed E-state index contributed by atoms with van der Waals surface area (Å²) in [6.07, 6.45) is 0. The Morgan fingerprint density at radius 1 is 1.17 bits per heavy atom. The smallest absolute Gasteiger partial charge is 0.251 e. The zero-order valence-electron chi connectivity index (χ0n) is 14.4. The Morgan fingerprint density at radius 3 is 2.54 bits per heavy atom. The standard InChI is InChI=1S/C19H22FNO3/c1-12-5-7-16(9-13(12)2)24-11-14(3)21-19(22)15-6-8-18(23-4)17(20)10-15/h5-10,14H,11H2,1-4H3,(H,21,22). The molecule has 24 heavy (non-hydrogen) atoms. The number of benzene rings is 2. The van der Waals surface area contributed by atoms with Gasteiger partial charge in [-0.1, -0.05) is 6.07 Å². The first-order valence-corrected chi connectivity index (χ1v) is 7.75. The van der Waals surface area contributed by atoms with E-state index in [2.05, 4.69) is 5.32 Å². The summed E-state index contributed by atoms with van der Waals surface area (Å²) in [6.45, 7) is 6.22. The third kappa shape index (κ3) is 4.47. The highest BCUT2D eigenvalue weighted by molar-refractivity contribution is 5.94. The van der Waals surface area contributed by atoms with E-state index in [0.29, 0.717) is 6.61 Å². The largest absolute Gasteiger partial charge is 0.494 e. The fourth-order valence-corrected chi connectivity index (χ4v) is 2.18. The van der Waals surface area contributed by atoms with Crippen molar-refractivity contribution in [3.63, 3.8) is 0 Å². The second kappa shape index (κ2) is 7.81. The van der Waals surface area contributed by atoms with E-state index in [-0.39, 0.29) is 23.3 Å². The zero-order valence-corrected chi connectivity index (χ0v) is 14.4. The Kier molecular flexibility index (Phi) is 5.79. The normalized spacial score (nSPS) is 11.7. The van der Waals surface area contributed by atoms with Gasteiger partial charge in [-0.3, -0.25) is 4.79 Å². The van der Waals surface area contributed by atoms with E-state index < -0.39 is 5.82 Å². The Morgan fingerprint density at radius 2 is 1.92 bits per heavy atom. The summed E-state index contributed by atoms with van der Waals surface area (Å²) in [5.74, 6) is -0.0516. The first kappa shape index (κ1) is 17.8. The molecule has 0 heterocycles. The van der Waals surface area contributed by atoms with Crippen LogP contribution in [0, 0.1) is 19.7 Å². The van der Waals surface area contributed by atoms with Crippen LogP contribution >= 0.6 is 0 Å². The summed E-state index contributed by atoms with van der Waals surface area (Å²) < 4.78 is 24.2. The lowest BCUT2D eigenvalue weighted by atomic mass is 10.1. The van der Waals surface area contributed by atoms with E-state index in [4.69, 9.17) is 9.47 Å². The van der Waals surface area contributed by atoms with Gasteiger partial charge in [-0.2, -0.15) is 0 Å². The minimum Gasteiger partial charge on any atom is -0.494 e. The molecule has 2 aromatic rings. The summed E-state index contributed by atoms with van der Waals surface area (Å²) in [4.78, 5) is 12.1. The van der Waals surface area contributed by atoms with Crippen molar-refractivity contribution in [1.82, 2.24) is 5.32 Å². The van der Waals surface area contributed by atoms with Crippen LogP contribution in [0.4, 0.5) is 4.39 Å². The Bertz CT molecular complexity index is 731. The van der Waals surface area contributed by atoms with Gasteiger partial charge >= 0.3 is 0 Å². The summed E-state index contributed by atoms with van der Waals surface area (Å²) in [5, 5.41) is 2.79. The highest BCUT2D eigenvalue weighted by atomic mass is 19.1. The van der Waals surface area contributed by atoms with Gasteiger partial charge in [-0.05, 0) is 62.2 Å². The van der Waals surface area contributed by atoms with Crippen molar-refractivity contribution in [2.24, 2.45) is 0 Å². The molecule has 2 aromatic carbocycles. The molecule has 0 aromatic heterocycles. The van der Waals surface area contributed by atoms with Crippen LogP contribution < -0.4 is 14.8 Å². The van der Waals surface area contributed by atoms with Crippen LogP contribution in [-0.4, -0.2) is 25.7 Å². The van der Waals surface area contributed by atoms with Gasteiger partial charge in [0.1, 0.15) is 12.4 Å². The van der Waals surface area contributed by atoms with Crippen molar-refractivity contribution < 1.29 is 18.7 Å². The van der Waals surface area contributed by atoms with Crippen molar-refractivity contribution >= 4 is 5.91 Å². The molecular weight excluding hydrogens is 309 g/mol. The van der Waals surface area contributed by atoms with Crippen molar-refractivity contribution in [3.05, 3.63) is 58.9 Å². The second-order valence-electron chi connectivity index (χ2n) is 5.78. The van der Waals surface area contributed by atoms with Crippen LogP contribution in [0.5, 0.6) is 11.5 Å². The predicted molar refractivity (Wildman–Crippen MR) is 91.3 cm³/mol. The number of hydrogen-bond donors (Lipinski definition) is 1. The lowest BCUT2D eigenvalue weighted by Crippen LogP contribution is -2.36. The highest BCUT2D eigenvalue weighted by Crippen LogP contribution is 2.18. The maximum Gasteiger partial charge on any atom is 0.251 e. The molecule has 1 atom stereocenters. The lowest BCUT2D eigenvalue weighted by Gasteiger charge is -2.16. The van der Waals surface area contributed by atoms with E-state index >= 15 is 0 Å². The molecule has 0 aliphatic heterocycles. The Labute approximate surface area is 141 Å². The van der Waals surface area contributed by atoms with Gasteiger partial charge < -0.3 is 14.8 Å². The molecule has 0 saturated heterocycles. The first-order valence-electron chi connectivity index (χ1n) is 7.75. The highest BCUT2D eigenvalue weighted by Gasteiger charge is 2.13. The third-order valence-electron chi connectivity index (χ3n) is 3.77. The summed E-state index contributed by atoms with van der Waals surface area (Å²) in [5.41, 5.74) is 2.59. The van der Waals surface area contributed by atoms with Crippen LogP contribution in [0.15, 0.2) is 36.4 Å². The molecular formula is C19H22FNO3. The van der Waals surface area contributed by atoms with E-state index in [9.17, 15) is 9.18 Å². The van der Waals surface area contributed by atoms with Crippen LogP contribution in [-0.2, 0) is 0 Å². The molecule has 0 aliphatic rings. The average molecular weight is 331 g/mol. The number of aryl methyl sites for hydroxylation is 2. The maximum absolute atomic E-state index is 13.7. The van der Waals surface area contributed by atoms with Gasteiger partial charge in [-0.15, -0.1) is 0 Å². The number of amides is 1. The van der Waals surface area contributed by atoms with E-state index in [0.717, 1.165) is 17.4 Å². The molecule has 0 saturated carbocycles. The summed E-state index contributed by atoms with van der Waals surface area (Å²) in [7, 11) is 1.38. The van der Waals surface area contributed by atoms with Crippen molar-refractivity contribution in [2.45, 2.75) is 26.8 Å². The zero-order chi connectivity index (χ0) is 17.7. The summed E-state index contributed by atoms with van der Waals surface area (Å²) >= 11 is 0. The average Bonchev–Trinajstić information content (AvgIpc) is 2.55. The SMILES string of the molecule is COc1ccc(C(=O)NC(C)COc2ccc(C)c(C)c2)cc1F. The number of rotatable bonds is 6. The number of nitrogens with one attached hydrogen (secondary N) is 1. The number of carbonyl (C=O) groups excluding carboxylic acids is 1. The number of ether oxygens (including phenoxy) is 2. The molecule has 0 aliphatic carbocycles. The van der Waals surface area contributed by atoms with Crippen molar-refractivity contribution in [3.8, 4) is 11.5 Å². The van der Waals surface area contributed by atoms with Gasteiger partial charge in [0.25, 0.3) is 5.91 Å². The third-order valence-corrected chi connectivity index (χ3v) is 3.77. The van der Waals surface area contributed by atoms with Crippen LogP contribution in [0.1, 0.15) is 28.4 Å². The minimum atomic E-state index is -0.566. The number of carbonyl (C=O) groups is 1. The number of halogens is 1. The molecule has 0 bridgehead atoms. The molecule has 1 unspecified atom stereocenters. The van der Waals surface area contributed by atoms with E-state index in [1.807, 2.05) is 39.0 Å². The Balaban J connectivity index is 1.91. The van der Waals surface area contributed by atoms with Crippen LogP contribution in [0.3, 0.4) is 0 Å². The van der Waals surface area contributed by atoms with Gasteiger partial charge in [0, 0.05) is 5.56 Å². The Hall–Kier alpha value is -2.56. The molecule has 128 valence electrons. The molecule has 0 radical (unpaired) electrons. The van der Waals surface area contributed by atoms with Gasteiger partial charge in [-0.25, -0.2) is 4.39 Å². The summed E-state index contributed by atoms with van der Waals surface area (Å²) in [6, 6.07) is 9.75. The maximum atomic E-state index is 13.7. The molecule has 2 rings (SSSR count). The van der Waals surface area contributed by atoms with Crippen LogP contribution in [0.2, 0.25) is 0 Å². The molecule has 0 spiro atoms. The van der Waals surface area contributed by atoms with Gasteiger partial charge in [0.05, 0.1) is 13.2 Å². The fourth-order valence-electron chi connectivity index (χ4n) is 2.18. The quantitative estimate of drug-likeness (QED) is 0.879.